The van der Waals surface area contributed by atoms with E-state index in [9.17, 15) is 4.79 Å². The Bertz CT molecular complexity index is 722. The Morgan fingerprint density at radius 2 is 1.83 bits per heavy atom. The number of hydrazone groups is 1. The summed E-state index contributed by atoms with van der Waals surface area (Å²) < 4.78 is 0. The van der Waals surface area contributed by atoms with Gasteiger partial charge in [-0.2, -0.15) is 5.10 Å². The number of rotatable bonds is 4. The molecule has 0 spiro atoms. The third-order valence-electron chi connectivity index (χ3n) is 4.08. The molecule has 24 heavy (non-hydrogen) atoms. The zero-order chi connectivity index (χ0) is 16.8. The second-order valence-electron chi connectivity index (χ2n) is 5.85. The molecule has 0 atom stereocenters. The van der Waals surface area contributed by atoms with Crippen molar-refractivity contribution >= 4 is 29.4 Å². The van der Waals surface area contributed by atoms with Gasteiger partial charge in [0.15, 0.2) is 0 Å². The number of amides is 1. The van der Waals surface area contributed by atoms with Gasteiger partial charge < -0.3 is 4.90 Å². The van der Waals surface area contributed by atoms with Crippen molar-refractivity contribution in [3.05, 3.63) is 64.7 Å². The van der Waals surface area contributed by atoms with Crippen molar-refractivity contribution < 1.29 is 4.79 Å². The summed E-state index contributed by atoms with van der Waals surface area (Å²) in [5.41, 5.74) is 5.19. The number of hydrogen-bond donors (Lipinski definition) is 1. The second kappa shape index (κ2) is 7.97. The number of benzene rings is 2. The van der Waals surface area contributed by atoms with Gasteiger partial charge >= 0.3 is 0 Å². The molecular formula is C19H20ClN3O. The van der Waals surface area contributed by atoms with E-state index in [1.54, 1.807) is 30.5 Å². The summed E-state index contributed by atoms with van der Waals surface area (Å²) in [5, 5.41) is 4.54. The van der Waals surface area contributed by atoms with Crippen LogP contribution in [-0.2, 0) is 0 Å². The summed E-state index contributed by atoms with van der Waals surface area (Å²) in [6.45, 7) is 2.26. The normalized spacial score (nSPS) is 14.8. The predicted molar refractivity (Wildman–Crippen MR) is 99.0 cm³/mol. The molecule has 2 aromatic carbocycles. The first-order chi connectivity index (χ1) is 11.7. The lowest BCUT2D eigenvalue weighted by atomic mass is 10.1. The fourth-order valence-corrected chi connectivity index (χ4v) is 2.97. The van der Waals surface area contributed by atoms with Crippen LogP contribution in [0.4, 0.5) is 5.69 Å². The summed E-state index contributed by atoms with van der Waals surface area (Å²) in [5.74, 6) is -0.279. The molecule has 1 amide bonds. The standard InChI is InChI=1S/C19H20ClN3O/c20-17-6-4-5-16(13-17)19(24)22-21-14-15-7-9-18(10-8-15)23-11-2-1-3-12-23/h4-10,13-14H,1-3,11-12H2,(H,22,24)/b21-14+. The molecule has 124 valence electrons. The number of nitrogens with zero attached hydrogens (tertiary/aromatic N) is 2. The molecule has 1 aliphatic rings. The van der Waals surface area contributed by atoms with Crippen molar-refractivity contribution in [1.82, 2.24) is 5.43 Å². The highest BCUT2D eigenvalue weighted by Crippen LogP contribution is 2.19. The predicted octanol–water partition coefficient (Wildman–Crippen LogP) is 4.09. The molecule has 3 rings (SSSR count). The lowest BCUT2D eigenvalue weighted by molar-refractivity contribution is 0.0955. The zero-order valence-corrected chi connectivity index (χ0v) is 14.2. The van der Waals surface area contributed by atoms with Crippen molar-refractivity contribution in [3.63, 3.8) is 0 Å². The van der Waals surface area contributed by atoms with E-state index in [2.05, 4.69) is 27.6 Å². The summed E-state index contributed by atoms with van der Waals surface area (Å²) in [4.78, 5) is 14.4. The fraction of sp³-hybridized carbons (Fsp3) is 0.263. The average molecular weight is 342 g/mol. The van der Waals surface area contributed by atoms with Gasteiger partial charge in [0.25, 0.3) is 5.91 Å². The molecule has 1 heterocycles. The Labute approximate surface area is 147 Å². The first-order valence-corrected chi connectivity index (χ1v) is 8.54. The summed E-state index contributed by atoms with van der Waals surface area (Å²) in [6, 6.07) is 15.0. The maximum atomic E-state index is 12.0. The lowest BCUT2D eigenvalue weighted by Crippen LogP contribution is -2.29. The quantitative estimate of drug-likeness (QED) is 0.672. The van der Waals surface area contributed by atoms with Gasteiger partial charge in [0.05, 0.1) is 6.21 Å². The van der Waals surface area contributed by atoms with Crippen LogP contribution in [0.15, 0.2) is 53.6 Å². The molecule has 2 aromatic rings. The average Bonchev–Trinajstić information content (AvgIpc) is 2.63. The number of carbonyl (C=O) groups is 1. The van der Waals surface area contributed by atoms with Gasteiger partial charge in [-0.15, -0.1) is 0 Å². The van der Waals surface area contributed by atoms with Crippen molar-refractivity contribution in [2.24, 2.45) is 5.10 Å². The number of anilines is 1. The fourth-order valence-electron chi connectivity index (χ4n) is 2.78. The maximum Gasteiger partial charge on any atom is 0.271 e. The molecule has 5 heteroatoms. The van der Waals surface area contributed by atoms with Gasteiger partial charge in [0, 0.05) is 29.4 Å². The second-order valence-corrected chi connectivity index (χ2v) is 6.29. The monoisotopic (exact) mass is 341 g/mol. The first-order valence-electron chi connectivity index (χ1n) is 8.16. The molecule has 0 unspecified atom stereocenters. The van der Waals surface area contributed by atoms with E-state index in [4.69, 9.17) is 11.6 Å². The van der Waals surface area contributed by atoms with Crippen LogP contribution in [0.25, 0.3) is 0 Å². The summed E-state index contributed by atoms with van der Waals surface area (Å²) in [7, 11) is 0. The molecule has 4 nitrogen and oxygen atoms in total. The van der Waals surface area contributed by atoms with Crippen LogP contribution < -0.4 is 10.3 Å². The SMILES string of the molecule is O=C(N/N=C/c1ccc(N2CCCCC2)cc1)c1cccc(Cl)c1. The van der Waals surface area contributed by atoms with E-state index in [1.807, 2.05) is 12.1 Å². The highest BCUT2D eigenvalue weighted by molar-refractivity contribution is 6.30. The zero-order valence-electron chi connectivity index (χ0n) is 13.4. The van der Waals surface area contributed by atoms with Crippen LogP contribution >= 0.6 is 11.6 Å². The lowest BCUT2D eigenvalue weighted by Gasteiger charge is -2.28. The van der Waals surface area contributed by atoms with E-state index < -0.39 is 0 Å². The van der Waals surface area contributed by atoms with E-state index in [1.165, 1.54) is 24.9 Å². The Balaban J connectivity index is 1.57. The maximum absolute atomic E-state index is 12.0. The highest BCUT2D eigenvalue weighted by atomic mass is 35.5. The molecule has 0 aromatic heterocycles. The van der Waals surface area contributed by atoms with Crippen molar-refractivity contribution in [3.8, 4) is 0 Å². The molecule has 0 radical (unpaired) electrons. The molecule has 0 bridgehead atoms. The Morgan fingerprint density at radius 1 is 1.08 bits per heavy atom. The van der Waals surface area contributed by atoms with Gasteiger partial charge in [0.2, 0.25) is 0 Å². The van der Waals surface area contributed by atoms with Gasteiger partial charge in [-0.05, 0) is 55.2 Å². The number of piperidine rings is 1. The van der Waals surface area contributed by atoms with Crippen LogP contribution in [0.2, 0.25) is 5.02 Å². The first kappa shape index (κ1) is 16.5. The Hall–Kier alpha value is -2.33. The molecule has 1 saturated heterocycles. The van der Waals surface area contributed by atoms with Crippen molar-refractivity contribution in [2.75, 3.05) is 18.0 Å². The molecule has 1 aliphatic heterocycles. The van der Waals surface area contributed by atoms with Gasteiger partial charge in [-0.25, -0.2) is 5.43 Å². The smallest absolute Gasteiger partial charge is 0.271 e. The van der Waals surface area contributed by atoms with Crippen LogP contribution in [0.5, 0.6) is 0 Å². The minimum absolute atomic E-state index is 0.279. The highest BCUT2D eigenvalue weighted by Gasteiger charge is 2.10. The van der Waals surface area contributed by atoms with Crippen molar-refractivity contribution in [2.45, 2.75) is 19.3 Å². The van der Waals surface area contributed by atoms with E-state index in [0.29, 0.717) is 10.6 Å². The van der Waals surface area contributed by atoms with E-state index in [-0.39, 0.29) is 5.91 Å². The van der Waals surface area contributed by atoms with E-state index >= 15 is 0 Å². The van der Waals surface area contributed by atoms with Crippen LogP contribution in [0.3, 0.4) is 0 Å². The van der Waals surface area contributed by atoms with Crippen LogP contribution in [0, 0.1) is 0 Å². The van der Waals surface area contributed by atoms with Crippen LogP contribution in [-0.4, -0.2) is 25.2 Å². The van der Waals surface area contributed by atoms with E-state index in [0.717, 1.165) is 18.7 Å². The third kappa shape index (κ3) is 4.36. The topological polar surface area (TPSA) is 44.7 Å². The third-order valence-corrected chi connectivity index (χ3v) is 4.32. The minimum atomic E-state index is -0.279. The number of halogens is 1. The Morgan fingerprint density at radius 3 is 2.54 bits per heavy atom. The molecule has 0 saturated carbocycles. The van der Waals surface area contributed by atoms with Gasteiger partial charge in [-0.3, -0.25) is 4.79 Å². The Kier molecular flexibility index (Phi) is 5.49. The summed E-state index contributed by atoms with van der Waals surface area (Å²) >= 11 is 5.88. The van der Waals surface area contributed by atoms with Gasteiger partial charge in [-0.1, -0.05) is 29.8 Å². The van der Waals surface area contributed by atoms with Gasteiger partial charge in [0.1, 0.15) is 0 Å². The molecule has 1 N–H and O–H groups in total. The van der Waals surface area contributed by atoms with Crippen molar-refractivity contribution in [1.29, 1.82) is 0 Å². The minimum Gasteiger partial charge on any atom is -0.372 e. The molecule has 1 fully saturated rings. The number of nitrogens with one attached hydrogen (secondary N) is 1. The summed E-state index contributed by atoms with van der Waals surface area (Å²) in [6.07, 6.45) is 5.49. The van der Waals surface area contributed by atoms with Crippen LogP contribution in [0.1, 0.15) is 35.2 Å². The number of carbonyl (C=O) groups excluding carboxylic acids is 1. The number of hydrogen-bond acceptors (Lipinski definition) is 3. The largest absolute Gasteiger partial charge is 0.372 e. The molecule has 0 aliphatic carbocycles. The molecular weight excluding hydrogens is 322 g/mol.